The number of carbonyl (C=O) groups excluding carboxylic acids is 2. The molecule has 0 spiro atoms. The Morgan fingerprint density at radius 2 is 1.48 bits per heavy atom. The summed E-state index contributed by atoms with van der Waals surface area (Å²) in [5.41, 5.74) is 0.165. The molecule has 7 nitrogen and oxygen atoms in total. The number of anilines is 2. The number of carbonyl (C=O) groups is 2. The van der Waals surface area contributed by atoms with Crippen molar-refractivity contribution in [2.24, 2.45) is 5.41 Å². The zero-order valence-corrected chi connectivity index (χ0v) is 16.5. The van der Waals surface area contributed by atoms with Crippen molar-refractivity contribution in [3.8, 4) is 17.2 Å². The highest BCUT2D eigenvalue weighted by Gasteiger charge is 2.56. The molecule has 2 aromatic carbocycles. The molecule has 2 amide bonds. The third-order valence-corrected chi connectivity index (χ3v) is 4.90. The number of rotatable bonds is 6. The smallest absolute Gasteiger partial charge is 0.240 e. The molecule has 7 heteroatoms. The summed E-state index contributed by atoms with van der Waals surface area (Å²) in [7, 11) is 0. The molecule has 0 atom stereocenters. The molecule has 1 fully saturated rings. The molecular formula is C22H24N2O5. The number of benzene rings is 2. The van der Waals surface area contributed by atoms with Gasteiger partial charge in [-0.25, -0.2) is 0 Å². The molecule has 0 saturated heterocycles. The SMILES string of the molecule is CC(C)Oc1ccc(NC(=O)C2(C(=O)Nc3ccc4c(c3)OCCO4)CC2)cc1. The fourth-order valence-corrected chi connectivity index (χ4v) is 3.19. The van der Waals surface area contributed by atoms with Crippen LogP contribution in [0.2, 0.25) is 0 Å². The second-order valence-electron chi connectivity index (χ2n) is 7.54. The molecule has 1 saturated carbocycles. The Morgan fingerprint density at radius 3 is 2.10 bits per heavy atom. The molecule has 152 valence electrons. The summed E-state index contributed by atoms with van der Waals surface area (Å²) < 4.78 is 16.6. The summed E-state index contributed by atoms with van der Waals surface area (Å²) in [6, 6.07) is 12.3. The van der Waals surface area contributed by atoms with Crippen molar-refractivity contribution in [3.63, 3.8) is 0 Å². The summed E-state index contributed by atoms with van der Waals surface area (Å²) in [6.45, 7) is 4.88. The van der Waals surface area contributed by atoms with Crippen molar-refractivity contribution in [2.75, 3.05) is 23.8 Å². The van der Waals surface area contributed by atoms with Crippen molar-refractivity contribution < 1.29 is 23.8 Å². The standard InChI is InChI=1S/C22H24N2O5/c1-14(2)29-17-6-3-15(4-7-17)23-20(25)22(9-10-22)21(26)24-16-5-8-18-19(13-16)28-12-11-27-18/h3-8,13-14H,9-12H2,1-2H3,(H,23,25)(H,24,26). The molecule has 0 bridgehead atoms. The lowest BCUT2D eigenvalue weighted by Gasteiger charge is -2.20. The van der Waals surface area contributed by atoms with Crippen LogP contribution in [-0.4, -0.2) is 31.1 Å². The van der Waals surface area contributed by atoms with E-state index < -0.39 is 5.41 Å². The molecule has 4 rings (SSSR count). The third kappa shape index (κ3) is 4.13. The molecule has 2 N–H and O–H groups in total. The first-order valence-electron chi connectivity index (χ1n) is 9.75. The largest absolute Gasteiger partial charge is 0.491 e. The Balaban J connectivity index is 1.40. The van der Waals surface area contributed by atoms with E-state index in [1.54, 1.807) is 42.5 Å². The molecule has 0 aromatic heterocycles. The lowest BCUT2D eigenvalue weighted by atomic mass is 10.0. The lowest BCUT2D eigenvalue weighted by molar-refractivity contribution is -0.131. The average Bonchev–Trinajstić information content (AvgIpc) is 3.51. The Morgan fingerprint density at radius 1 is 0.897 bits per heavy atom. The van der Waals surface area contributed by atoms with Crippen LogP contribution in [0.3, 0.4) is 0 Å². The van der Waals surface area contributed by atoms with Gasteiger partial charge in [0.1, 0.15) is 24.4 Å². The van der Waals surface area contributed by atoms with Crippen LogP contribution in [0.4, 0.5) is 11.4 Å². The predicted molar refractivity (Wildman–Crippen MR) is 109 cm³/mol. The molecule has 1 heterocycles. The number of nitrogens with one attached hydrogen (secondary N) is 2. The monoisotopic (exact) mass is 396 g/mol. The van der Waals surface area contributed by atoms with Gasteiger partial charge in [-0.2, -0.15) is 0 Å². The topological polar surface area (TPSA) is 85.9 Å². The van der Waals surface area contributed by atoms with Gasteiger partial charge in [0.15, 0.2) is 11.5 Å². The summed E-state index contributed by atoms with van der Waals surface area (Å²) in [5, 5.41) is 5.68. The van der Waals surface area contributed by atoms with E-state index in [1.807, 2.05) is 13.8 Å². The van der Waals surface area contributed by atoms with E-state index in [4.69, 9.17) is 14.2 Å². The number of hydrogen-bond acceptors (Lipinski definition) is 5. The quantitative estimate of drug-likeness (QED) is 0.729. The van der Waals surface area contributed by atoms with E-state index in [-0.39, 0.29) is 17.9 Å². The van der Waals surface area contributed by atoms with Gasteiger partial charge in [0, 0.05) is 17.4 Å². The minimum Gasteiger partial charge on any atom is -0.491 e. The lowest BCUT2D eigenvalue weighted by Crippen LogP contribution is -2.35. The highest BCUT2D eigenvalue weighted by atomic mass is 16.6. The van der Waals surface area contributed by atoms with Crippen LogP contribution >= 0.6 is 0 Å². The Kier molecular flexibility index (Phi) is 5.05. The van der Waals surface area contributed by atoms with E-state index in [0.717, 1.165) is 5.75 Å². The van der Waals surface area contributed by atoms with Crippen LogP contribution < -0.4 is 24.8 Å². The van der Waals surface area contributed by atoms with Crippen LogP contribution in [0.5, 0.6) is 17.2 Å². The maximum absolute atomic E-state index is 12.8. The van der Waals surface area contributed by atoms with Gasteiger partial charge < -0.3 is 24.8 Å². The van der Waals surface area contributed by atoms with Crippen molar-refractivity contribution >= 4 is 23.2 Å². The summed E-state index contributed by atoms with van der Waals surface area (Å²) >= 11 is 0. The van der Waals surface area contributed by atoms with E-state index in [1.165, 1.54) is 0 Å². The maximum atomic E-state index is 12.8. The van der Waals surface area contributed by atoms with Crippen LogP contribution in [0.1, 0.15) is 26.7 Å². The van der Waals surface area contributed by atoms with Crippen molar-refractivity contribution in [1.29, 1.82) is 0 Å². The van der Waals surface area contributed by atoms with Gasteiger partial charge >= 0.3 is 0 Å². The second kappa shape index (κ2) is 7.66. The van der Waals surface area contributed by atoms with Gasteiger partial charge in [-0.15, -0.1) is 0 Å². The number of amides is 2. The zero-order valence-electron chi connectivity index (χ0n) is 16.5. The zero-order chi connectivity index (χ0) is 20.4. The first-order chi connectivity index (χ1) is 14.0. The summed E-state index contributed by atoms with van der Waals surface area (Å²) in [5.74, 6) is 1.36. The maximum Gasteiger partial charge on any atom is 0.240 e. The molecule has 1 aliphatic carbocycles. The van der Waals surface area contributed by atoms with E-state index in [0.29, 0.717) is 48.9 Å². The van der Waals surface area contributed by atoms with Gasteiger partial charge in [-0.1, -0.05) is 0 Å². The summed E-state index contributed by atoms with van der Waals surface area (Å²) in [4.78, 5) is 25.6. The van der Waals surface area contributed by atoms with E-state index in [2.05, 4.69) is 10.6 Å². The minimum atomic E-state index is -1.04. The summed E-state index contributed by atoms with van der Waals surface area (Å²) in [6.07, 6.45) is 1.11. The van der Waals surface area contributed by atoms with Crippen molar-refractivity contribution in [2.45, 2.75) is 32.8 Å². The second-order valence-corrected chi connectivity index (χ2v) is 7.54. The number of hydrogen-bond donors (Lipinski definition) is 2. The predicted octanol–water partition coefficient (Wildman–Crippen LogP) is 3.60. The fraction of sp³-hybridized carbons (Fsp3) is 0.364. The number of fused-ring (bicyclic) bond motifs is 1. The molecule has 0 unspecified atom stereocenters. The molecular weight excluding hydrogens is 372 g/mol. The molecule has 2 aliphatic rings. The first kappa shape index (κ1) is 19.1. The Hall–Kier alpha value is -3.22. The van der Waals surface area contributed by atoms with E-state index >= 15 is 0 Å². The van der Waals surface area contributed by atoms with Crippen LogP contribution in [0, 0.1) is 5.41 Å². The van der Waals surface area contributed by atoms with E-state index in [9.17, 15) is 9.59 Å². The minimum absolute atomic E-state index is 0.0782. The molecule has 29 heavy (non-hydrogen) atoms. The van der Waals surface area contributed by atoms with Crippen molar-refractivity contribution in [1.82, 2.24) is 0 Å². The third-order valence-electron chi connectivity index (χ3n) is 4.90. The highest BCUT2D eigenvalue weighted by molar-refractivity contribution is 6.16. The average molecular weight is 396 g/mol. The van der Waals surface area contributed by atoms with Crippen molar-refractivity contribution in [3.05, 3.63) is 42.5 Å². The Labute approximate surface area is 169 Å². The normalized spacial score (nSPS) is 16.1. The first-order valence-corrected chi connectivity index (χ1v) is 9.75. The van der Waals surface area contributed by atoms with Crippen LogP contribution in [0.25, 0.3) is 0 Å². The fourth-order valence-electron chi connectivity index (χ4n) is 3.19. The van der Waals surface area contributed by atoms with Gasteiger partial charge in [0.25, 0.3) is 0 Å². The number of ether oxygens (including phenoxy) is 3. The van der Waals surface area contributed by atoms with Gasteiger partial charge in [-0.05, 0) is 63.1 Å². The van der Waals surface area contributed by atoms with Crippen LogP contribution in [-0.2, 0) is 9.59 Å². The van der Waals surface area contributed by atoms with Crippen LogP contribution in [0.15, 0.2) is 42.5 Å². The Bertz CT molecular complexity index is 919. The van der Waals surface area contributed by atoms with Gasteiger partial charge in [-0.3, -0.25) is 9.59 Å². The highest BCUT2D eigenvalue weighted by Crippen LogP contribution is 2.48. The molecule has 1 aliphatic heterocycles. The molecule has 0 radical (unpaired) electrons. The van der Waals surface area contributed by atoms with Gasteiger partial charge in [0.2, 0.25) is 11.8 Å². The molecule has 2 aromatic rings. The van der Waals surface area contributed by atoms with Gasteiger partial charge in [0.05, 0.1) is 6.10 Å².